The van der Waals surface area contributed by atoms with Gasteiger partial charge in [-0.1, -0.05) is 0 Å². The Bertz CT molecular complexity index is 716. The molecule has 10 N–H and O–H groups in total. The normalized spacial score (nSPS) is 19.4. The molecule has 0 aliphatic carbocycles. The second-order valence-electron chi connectivity index (χ2n) is 7.55. The molecule has 3 amide bonds. The number of aliphatic carboxylic acids is 1. The zero-order valence-corrected chi connectivity index (χ0v) is 18.8. The average Bonchev–Trinajstić information content (AvgIpc) is 3.22. The number of nitrogens with one attached hydrogen (secondary N) is 2. The number of aliphatic hydroxyl groups is 1. The van der Waals surface area contributed by atoms with Crippen molar-refractivity contribution in [1.82, 2.24) is 15.5 Å². The molecule has 0 spiro atoms. The molecule has 1 fully saturated rings. The smallest absolute Gasteiger partial charge is 0.326 e. The van der Waals surface area contributed by atoms with E-state index in [2.05, 4.69) is 28.3 Å². The van der Waals surface area contributed by atoms with Crippen LogP contribution < -0.4 is 27.8 Å². The van der Waals surface area contributed by atoms with Crippen LogP contribution in [0.3, 0.4) is 0 Å². The monoisotopic (exact) mass is 475 g/mol. The third kappa shape index (κ3) is 8.16. The summed E-state index contributed by atoms with van der Waals surface area (Å²) in [5, 5.41) is 24.1. The van der Waals surface area contributed by atoms with Gasteiger partial charge in [-0.2, -0.15) is 12.6 Å². The molecular formula is C18H33N7O6S. The Morgan fingerprint density at radius 1 is 1.22 bits per heavy atom. The molecule has 14 heteroatoms. The molecule has 0 bridgehead atoms. The summed E-state index contributed by atoms with van der Waals surface area (Å²) in [6, 6.07) is -4.44. The van der Waals surface area contributed by atoms with E-state index in [1.807, 2.05) is 0 Å². The Morgan fingerprint density at radius 2 is 1.88 bits per heavy atom. The highest BCUT2D eigenvalue weighted by molar-refractivity contribution is 7.80. The van der Waals surface area contributed by atoms with Crippen molar-refractivity contribution in [2.75, 3.05) is 18.8 Å². The van der Waals surface area contributed by atoms with Crippen molar-refractivity contribution < 1.29 is 29.4 Å². The number of likely N-dealkylation sites (tertiary alicyclic amines) is 1. The maximum Gasteiger partial charge on any atom is 0.326 e. The summed E-state index contributed by atoms with van der Waals surface area (Å²) in [6.45, 7) is 1.83. The van der Waals surface area contributed by atoms with Gasteiger partial charge in [-0.3, -0.25) is 19.4 Å². The molecule has 32 heavy (non-hydrogen) atoms. The molecule has 0 saturated carbocycles. The van der Waals surface area contributed by atoms with Crippen LogP contribution >= 0.6 is 12.6 Å². The van der Waals surface area contributed by atoms with Gasteiger partial charge in [0, 0.05) is 18.8 Å². The van der Waals surface area contributed by atoms with Crippen molar-refractivity contribution in [3.8, 4) is 0 Å². The molecule has 0 aromatic carbocycles. The minimum Gasteiger partial charge on any atom is -0.480 e. The number of rotatable bonds is 12. The van der Waals surface area contributed by atoms with Crippen LogP contribution in [-0.4, -0.2) is 93.9 Å². The van der Waals surface area contributed by atoms with Crippen LogP contribution in [-0.2, 0) is 19.2 Å². The lowest BCUT2D eigenvalue weighted by molar-refractivity contribution is -0.149. The summed E-state index contributed by atoms with van der Waals surface area (Å²) in [5.41, 5.74) is 16.3. The summed E-state index contributed by atoms with van der Waals surface area (Å²) in [6.07, 6.45) is 0.224. The number of guanidine groups is 1. The van der Waals surface area contributed by atoms with E-state index in [-0.39, 0.29) is 31.2 Å². The number of thiol groups is 1. The first-order chi connectivity index (χ1) is 15.0. The fourth-order valence-electron chi connectivity index (χ4n) is 3.25. The van der Waals surface area contributed by atoms with Gasteiger partial charge in [0.15, 0.2) is 5.96 Å². The Balaban J connectivity index is 2.74. The first-order valence-electron chi connectivity index (χ1n) is 10.2. The molecule has 0 radical (unpaired) electrons. The lowest BCUT2D eigenvalue weighted by Crippen LogP contribution is -2.60. The number of carboxylic acid groups (broad SMARTS) is 1. The van der Waals surface area contributed by atoms with Crippen LogP contribution in [0.4, 0.5) is 0 Å². The maximum absolute atomic E-state index is 12.7. The van der Waals surface area contributed by atoms with E-state index >= 15 is 0 Å². The number of carbonyl (C=O) groups is 4. The van der Waals surface area contributed by atoms with Crippen molar-refractivity contribution in [3.63, 3.8) is 0 Å². The molecule has 1 heterocycles. The fraction of sp³-hybridized carbons (Fsp3) is 0.722. The molecular weight excluding hydrogens is 442 g/mol. The lowest BCUT2D eigenvalue weighted by atomic mass is 10.1. The third-order valence-electron chi connectivity index (χ3n) is 4.99. The number of nitrogens with zero attached hydrogens (tertiary/aromatic N) is 2. The minimum atomic E-state index is -1.38. The van der Waals surface area contributed by atoms with Crippen LogP contribution in [0.15, 0.2) is 4.99 Å². The van der Waals surface area contributed by atoms with Gasteiger partial charge < -0.3 is 42.9 Å². The van der Waals surface area contributed by atoms with E-state index in [1.54, 1.807) is 0 Å². The second kappa shape index (κ2) is 13.1. The number of carboxylic acids is 1. The van der Waals surface area contributed by atoms with Gasteiger partial charge in [-0.05, 0) is 32.6 Å². The highest BCUT2D eigenvalue weighted by Gasteiger charge is 2.38. The summed E-state index contributed by atoms with van der Waals surface area (Å²) in [5.74, 6) is -3.38. The Morgan fingerprint density at radius 3 is 2.41 bits per heavy atom. The van der Waals surface area contributed by atoms with E-state index in [9.17, 15) is 29.4 Å². The zero-order valence-electron chi connectivity index (χ0n) is 17.9. The van der Waals surface area contributed by atoms with Crippen molar-refractivity contribution >= 4 is 42.3 Å². The van der Waals surface area contributed by atoms with E-state index in [0.717, 1.165) is 0 Å². The molecule has 5 unspecified atom stereocenters. The first kappa shape index (κ1) is 27.5. The van der Waals surface area contributed by atoms with E-state index in [0.29, 0.717) is 19.3 Å². The molecule has 0 aromatic heterocycles. The fourth-order valence-corrected chi connectivity index (χ4v) is 3.50. The zero-order chi connectivity index (χ0) is 24.4. The van der Waals surface area contributed by atoms with Crippen LogP contribution in [0.1, 0.15) is 32.6 Å². The SMILES string of the molecule is CC(O)C(NC(=O)C(N)CCCN=C(N)N)C(=O)NC(CS)C(=O)N1CCCC1C(=O)O. The predicted octanol–water partition coefficient (Wildman–Crippen LogP) is -3.28. The number of aliphatic imine (C=N–C) groups is 1. The predicted molar refractivity (Wildman–Crippen MR) is 120 cm³/mol. The van der Waals surface area contributed by atoms with Crippen molar-refractivity contribution in [1.29, 1.82) is 0 Å². The van der Waals surface area contributed by atoms with Gasteiger partial charge in [0.1, 0.15) is 18.1 Å². The number of carbonyl (C=O) groups excluding carboxylic acids is 3. The summed E-state index contributed by atoms with van der Waals surface area (Å²) >= 11 is 4.08. The number of aliphatic hydroxyl groups excluding tert-OH is 1. The van der Waals surface area contributed by atoms with E-state index in [4.69, 9.17) is 17.2 Å². The molecule has 13 nitrogen and oxygen atoms in total. The van der Waals surface area contributed by atoms with E-state index < -0.39 is 54.0 Å². The van der Waals surface area contributed by atoms with Gasteiger partial charge in [0.25, 0.3) is 0 Å². The van der Waals surface area contributed by atoms with Crippen molar-refractivity contribution in [3.05, 3.63) is 0 Å². The van der Waals surface area contributed by atoms with Crippen molar-refractivity contribution in [2.45, 2.75) is 62.9 Å². The quantitative estimate of drug-likeness (QED) is 0.0612. The van der Waals surface area contributed by atoms with Crippen LogP contribution in [0, 0.1) is 0 Å². The number of hydrogen-bond donors (Lipinski definition) is 8. The maximum atomic E-state index is 12.7. The molecule has 182 valence electrons. The van der Waals surface area contributed by atoms with Crippen molar-refractivity contribution in [2.24, 2.45) is 22.2 Å². The largest absolute Gasteiger partial charge is 0.480 e. The van der Waals surface area contributed by atoms with Crippen LogP contribution in [0.5, 0.6) is 0 Å². The first-order valence-corrected chi connectivity index (χ1v) is 10.9. The number of amides is 3. The summed E-state index contributed by atoms with van der Waals surface area (Å²) in [4.78, 5) is 54.1. The lowest BCUT2D eigenvalue weighted by Gasteiger charge is -2.28. The third-order valence-corrected chi connectivity index (χ3v) is 5.35. The van der Waals surface area contributed by atoms with Gasteiger partial charge in [-0.15, -0.1) is 0 Å². The minimum absolute atomic E-state index is 0.0780. The Hall–Kier alpha value is -2.58. The highest BCUT2D eigenvalue weighted by atomic mass is 32.1. The highest BCUT2D eigenvalue weighted by Crippen LogP contribution is 2.19. The van der Waals surface area contributed by atoms with Crippen LogP contribution in [0.2, 0.25) is 0 Å². The molecule has 5 atom stereocenters. The standard InChI is InChI=1S/C18H33N7O6S/c1-9(26)13(24-14(27)10(19)4-2-6-22-18(20)21)15(28)23-11(8-32)16(29)25-7-3-5-12(25)17(30)31/h9-13,26,32H,2-8,19H2,1H3,(H,23,28)(H,24,27)(H,30,31)(H4,20,21,22). The second-order valence-corrected chi connectivity index (χ2v) is 7.92. The average molecular weight is 476 g/mol. The van der Waals surface area contributed by atoms with Gasteiger partial charge in [-0.25, -0.2) is 4.79 Å². The topological polar surface area (TPSA) is 226 Å². The molecule has 0 aromatic rings. The summed E-state index contributed by atoms with van der Waals surface area (Å²) < 4.78 is 0. The molecule has 1 saturated heterocycles. The van der Waals surface area contributed by atoms with Gasteiger partial charge >= 0.3 is 5.97 Å². The van der Waals surface area contributed by atoms with Crippen LogP contribution in [0.25, 0.3) is 0 Å². The Kier molecular flexibility index (Phi) is 11.2. The Labute approximate surface area is 191 Å². The number of hydrogen-bond acceptors (Lipinski definition) is 8. The van der Waals surface area contributed by atoms with Gasteiger partial charge in [0.2, 0.25) is 17.7 Å². The molecule has 1 aliphatic heterocycles. The van der Waals surface area contributed by atoms with E-state index in [1.165, 1.54) is 11.8 Å². The van der Waals surface area contributed by atoms with Gasteiger partial charge in [0.05, 0.1) is 12.1 Å². The number of nitrogens with two attached hydrogens (primary N) is 3. The molecule has 1 rings (SSSR count). The molecule has 1 aliphatic rings. The summed E-state index contributed by atoms with van der Waals surface area (Å²) in [7, 11) is 0.